The van der Waals surface area contributed by atoms with Crippen molar-refractivity contribution < 1.29 is 4.79 Å². The zero-order valence-corrected chi connectivity index (χ0v) is 13.2. The monoisotopic (exact) mass is 288 g/mol. The van der Waals surface area contributed by atoms with Gasteiger partial charge >= 0.3 is 0 Å². The van der Waals surface area contributed by atoms with Gasteiger partial charge in [0, 0.05) is 11.5 Å². The number of hydrogen-bond acceptors (Lipinski definition) is 2. The second-order valence-corrected chi connectivity index (χ2v) is 6.43. The first-order chi connectivity index (χ1) is 8.63. The van der Waals surface area contributed by atoms with E-state index in [-0.39, 0.29) is 23.9 Å². The molecule has 19 heavy (non-hydrogen) atoms. The molecule has 1 saturated heterocycles. The Bertz CT molecular complexity index is 282. The van der Waals surface area contributed by atoms with Gasteiger partial charge in [-0.25, -0.2) is 0 Å². The van der Waals surface area contributed by atoms with E-state index in [4.69, 9.17) is 0 Å². The van der Waals surface area contributed by atoms with Crippen LogP contribution in [0.1, 0.15) is 58.8 Å². The number of nitrogens with one attached hydrogen (secondary N) is 2. The summed E-state index contributed by atoms with van der Waals surface area (Å²) < 4.78 is 0. The summed E-state index contributed by atoms with van der Waals surface area (Å²) in [5.41, 5.74) is 0.0317. The van der Waals surface area contributed by atoms with Gasteiger partial charge in [0.25, 0.3) is 0 Å². The highest BCUT2D eigenvalue weighted by molar-refractivity contribution is 5.85. The first-order valence-electron chi connectivity index (χ1n) is 7.66. The molecule has 0 unspecified atom stereocenters. The van der Waals surface area contributed by atoms with Gasteiger partial charge < -0.3 is 10.6 Å². The van der Waals surface area contributed by atoms with E-state index in [0.29, 0.717) is 5.91 Å². The number of halogens is 1. The zero-order chi connectivity index (χ0) is 13.0. The van der Waals surface area contributed by atoms with Crippen LogP contribution in [0.2, 0.25) is 0 Å². The molecule has 0 aromatic heterocycles. The molecule has 0 bridgehead atoms. The molecule has 1 aliphatic carbocycles. The van der Waals surface area contributed by atoms with Gasteiger partial charge in [0.15, 0.2) is 0 Å². The van der Waals surface area contributed by atoms with Crippen LogP contribution in [0.25, 0.3) is 0 Å². The maximum Gasteiger partial charge on any atom is 0.223 e. The van der Waals surface area contributed by atoms with Gasteiger partial charge in [-0.05, 0) is 64.5 Å². The van der Waals surface area contributed by atoms with Crippen molar-refractivity contribution in [2.24, 2.45) is 11.8 Å². The number of carbonyl (C=O) groups excluding carboxylic acids is 1. The van der Waals surface area contributed by atoms with E-state index in [0.717, 1.165) is 44.7 Å². The topological polar surface area (TPSA) is 41.1 Å². The summed E-state index contributed by atoms with van der Waals surface area (Å²) in [5, 5.41) is 6.67. The van der Waals surface area contributed by atoms with E-state index < -0.39 is 0 Å². The fourth-order valence-corrected chi connectivity index (χ4v) is 3.34. The Morgan fingerprint density at radius 3 is 2.32 bits per heavy atom. The minimum Gasteiger partial charge on any atom is -0.351 e. The number of amides is 1. The fourth-order valence-electron chi connectivity index (χ4n) is 3.34. The highest BCUT2D eigenvalue weighted by Gasteiger charge is 2.32. The molecule has 0 aromatic rings. The molecule has 0 radical (unpaired) electrons. The summed E-state index contributed by atoms with van der Waals surface area (Å²) in [6.45, 7) is 6.52. The standard InChI is InChI=1S/C15H28N2O.ClH/c1-3-12-4-6-13(7-5-12)14(18)17-15(2)8-10-16-11-9-15;/h12-13,16H,3-11H2,1-2H3,(H,17,18);1H. The third-order valence-electron chi connectivity index (χ3n) is 4.93. The van der Waals surface area contributed by atoms with Crippen LogP contribution < -0.4 is 10.6 Å². The maximum atomic E-state index is 12.3. The molecule has 2 rings (SSSR count). The third-order valence-corrected chi connectivity index (χ3v) is 4.93. The lowest BCUT2D eigenvalue weighted by atomic mass is 9.80. The summed E-state index contributed by atoms with van der Waals surface area (Å²) in [4.78, 5) is 12.3. The molecule has 1 saturated carbocycles. The minimum absolute atomic E-state index is 0. The molecule has 0 atom stereocenters. The van der Waals surface area contributed by atoms with E-state index in [1.807, 2.05) is 0 Å². The van der Waals surface area contributed by atoms with Crippen molar-refractivity contribution in [1.29, 1.82) is 0 Å². The number of rotatable bonds is 3. The van der Waals surface area contributed by atoms with Crippen molar-refractivity contribution in [3.05, 3.63) is 0 Å². The van der Waals surface area contributed by atoms with Crippen LogP contribution >= 0.6 is 12.4 Å². The molecular formula is C15H29ClN2O. The van der Waals surface area contributed by atoms with E-state index in [9.17, 15) is 4.79 Å². The summed E-state index contributed by atoms with van der Waals surface area (Å²) in [6.07, 6.45) is 8.07. The normalized spacial score (nSPS) is 30.2. The molecular weight excluding hydrogens is 260 g/mol. The van der Waals surface area contributed by atoms with Gasteiger partial charge in [0.2, 0.25) is 5.91 Å². The fraction of sp³-hybridized carbons (Fsp3) is 0.933. The summed E-state index contributed by atoms with van der Waals surface area (Å²) in [5.74, 6) is 1.46. The van der Waals surface area contributed by atoms with Crippen LogP contribution in [-0.2, 0) is 4.79 Å². The number of carbonyl (C=O) groups is 1. The van der Waals surface area contributed by atoms with Gasteiger partial charge in [-0.2, -0.15) is 0 Å². The first kappa shape index (κ1) is 16.8. The Labute approximate surface area is 123 Å². The quantitative estimate of drug-likeness (QED) is 0.838. The van der Waals surface area contributed by atoms with Crippen molar-refractivity contribution in [3.8, 4) is 0 Å². The summed E-state index contributed by atoms with van der Waals surface area (Å²) >= 11 is 0. The Kier molecular flexibility index (Phi) is 6.61. The largest absolute Gasteiger partial charge is 0.351 e. The molecule has 1 amide bonds. The van der Waals surface area contributed by atoms with Crippen molar-refractivity contribution >= 4 is 18.3 Å². The highest BCUT2D eigenvalue weighted by atomic mass is 35.5. The van der Waals surface area contributed by atoms with Gasteiger partial charge in [0.1, 0.15) is 0 Å². The second kappa shape index (κ2) is 7.49. The molecule has 3 nitrogen and oxygen atoms in total. The van der Waals surface area contributed by atoms with Crippen LogP contribution in [-0.4, -0.2) is 24.5 Å². The van der Waals surface area contributed by atoms with Gasteiger partial charge in [0.05, 0.1) is 0 Å². The van der Waals surface area contributed by atoms with E-state index in [2.05, 4.69) is 24.5 Å². The third kappa shape index (κ3) is 4.64. The maximum absolute atomic E-state index is 12.3. The molecule has 112 valence electrons. The van der Waals surface area contributed by atoms with Crippen molar-refractivity contribution in [2.75, 3.05) is 13.1 Å². The SMILES string of the molecule is CCC1CCC(C(=O)NC2(C)CCNCC2)CC1.Cl. The molecule has 0 spiro atoms. The molecule has 4 heteroatoms. The van der Waals surface area contributed by atoms with Gasteiger partial charge in [-0.3, -0.25) is 4.79 Å². The molecule has 0 aromatic carbocycles. The first-order valence-corrected chi connectivity index (χ1v) is 7.66. The van der Waals surface area contributed by atoms with Crippen LogP contribution in [0.3, 0.4) is 0 Å². The average molecular weight is 289 g/mol. The minimum atomic E-state index is 0. The Balaban J connectivity index is 0.00000180. The lowest BCUT2D eigenvalue weighted by Crippen LogP contribution is -2.54. The predicted molar refractivity (Wildman–Crippen MR) is 81.6 cm³/mol. The Morgan fingerprint density at radius 1 is 1.21 bits per heavy atom. The van der Waals surface area contributed by atoms with E-state index >= 15 is 0 Å². The number of piperidine rings is 1. The van der Waals surface area contributed by atoms with Crippen molar-refractivity contribution in [1.82, 2.24) is 10.6 Å². The van der Waals surface area contributed by atoms with Crippen LogP contribution in [0.4, 0.5) is 0 Å². The molecule has 1 aliphatic heterocycles. The van der Waals surface area contributed by atoms with E-state index in [1.165, 1.54) is 19.3 Å². The van der Waals surface area contributed by atoms with Crippen LogP contribution in [0.5, 0.6) is 0 Å². The highest BCUT2D eigenvalue weighted by Crippen LogP contribution is 2.31. The lowest BCUT2D eigenvalue weighted by molar-refractivity contribution is -0.128. The van der Waals surface area contributed by atoms with Gasteiger partial charge in [-0.15, -0.1) is 12.4 Å². The second-order valence-electron chi connectivity index (χ2n) is 6.43. The Hall–Kier alpha value is -0.280. The molecule has 2 aliphatic rings. The zero-order valence-electron chi connectivity index (χ0n) is 12.3. The molecule has 2 fully saturated rings. The molecule has 1 heterocycles. The van der Waals surface area contributed by atoms with Gasteiger partial charge in [-0.1, -0.05) is 13.3 Å². The predicted octanol–water partition coefficient (Wildman–Crippen LogP) is 2.88. The van der Waals surface area contributed by atoms with Crippen molar-refractivity contribution in [3.63, 3.8) is 0 Å². The summed E-state index contributed by atoms with van der Waals surface area (Å²) in [6, 6.07) is 0. The molecule has 2 N–H and O–H groups in total. The number of hydrogen-bond donors (Lipinski definition) is 2. The van der Waals surface area contributed by atoms with Crippen LogP contribution in [0, 0.1) is 11.8 Å². The summed E-state index contributed by atoms with van der Waals surface area (Å²) in [7, 11) is 0. The van der Waals surface area contributed by atoms with E-state index in [1.54, 1.807) is 0 Å². The van der Waals surface area contributed by atoms with Crippen LogP contribution in [0.15, 0.2) is 0 Å². The Morgan fingerprint density at radius 2 is 1.79 bits per heavy atom. The average Bonchev–Trinajstić information content (AvgIpc) is 2.39. The van der Waals surface area contributed by atoms with Crippen molar-refractivity contribution in [2.45, 2.75) is 64.3 Å². The smallest absolute Gasteiger partial charge is 0.223 e. The lowest BCUT2D eigenvalue weighted by Gasteiger charge is -2.37.